The lowest BCUT2D eigenvalue weighted by Gasteiger charge is -2.22. The number of aromatic nitrogens is 3. The number of piperidine rings is 1. The van der Waals surface area contributed by atoms with Gasteiger partial charge in [0.2, 0.25) is 0 Å². The zero-order valence-corrected chi connectivity index (χ0v) is 14.1. The fourth-order valence-corrected chi connectivity index (χ4v) is 2.96. The SMILES string of the molecule is CC(NC(=O)c1cn(C2CCNCC2)nn1)c1ccc(F)c(Cl)c1. The van der Waals surface area contributed by atoms with Gasteiger partial charge in [-0.2, -0.15) is 0 Å². The molecule has 128 valence electrons. The van der Waals surface area contributed by atoms with Crippen molar-refractivity contribution < 1.29 is 9.18 Å². The number of hydrogen-bond donors (Lipinski definition) is 2. The van der Waals surface area contributed by atoms with Crippen LogP contribution in [-0.2, 0) is 0 Å². The van der Waals surface area contributed by atoms with Crippen molar-refractivity contribution in [3.8, 4) is 0 Å². The molecule has 24 heavy (non-hydrogen) atoms. The standard InChI is InChI=1S/C16H19ClFN5O/c1-10(11-2-3-14(18)13(17)8-11)20-16(24)15-9-23(22-21-15)12-4-6-19-7-5-12/h2-3,8-10,12,19H,4-7H2,1H3,(H,20,24). The van der Waals surface area contributed by atoms with Gasteiger partial charge in [-0.1, -0.05) is 22.9 Å². The average molecular weight is 352 g/mol. The minimum atomic E-state index is -0.483. The van der Waals surface area contributed by atoms with E-state index in [0.29, 0.717) is 0 Å². The Labute approximate surface area is 144 Å². The summed E-state index contributed by atoms with van der Waals surface area (Å²) in [6.07, 6.45) is 3.61. The van der Waals surface area contributed by atoms with E-state index in [9.17, 15) is 9.18 Å². The second-order valence-corrected chi connectivity index (χ2v) is 6.34. The molecule has 0 spiro atoms. The van der Waals surface area contributed by atoms with Gasteiger partial charge in [0.25, 0.3) is 5.91 Å². The third kappa shape index (κ3) is 3.73. The summed E-state index contributed by atoms with van der Waals surface area (Å²) < 4.78 is 15.0. The van der Waals surface area contributed by atoms with Crippen LogP contribution in [0.2, 0.25) is 5.02 Å². The van der Waals surface area contributed by atoms with Gasteiger partial charge in [0.15, 0.2) is 5.69 Å². The van der Waals surface area contributed by atoms with Crippen molar-refractivity contribution in [1.29, 1.82) is 0 Å². The van der Waals surface area contributed by atoms with Crippen molar-refractivity contribution in [2.75, 3.05) is 13.1 Å². The smallest absolute Gasteiger partial charge is 0.273 e. The number of carbonyl (C=O) groups excluding carboxylic acids is 1. The summed E-state index contributed by atoms with van der Waals surface area (Å²) in [5.41, 5.74) is 0.995. The van der Waals surface area contributed by atoms with Crippen molar-refractivity contribution in [2.24, 2.45) is 0 Å². The predicted octanol–water partition coefficient (Wildman–Crippen LogP) is 2.49. The lowest BCUT2D eigenvalue weighted by atomic mass is 10.1. The first-order valence-corrected chi connectivity index (χ1v) is 8.31. The predicted molar refractivity (Wildman–Crippen MR) is 88.5 cm³/mol. The third-order valence-corrected chi connectivity index (χ3v) is 4.51. The average Bonchev–Trinajstić information content (AvgIpc) is 3.08. The third-order valence-electron chi connectivity index (χ3n) is 4.22. The van der Waals surface area contributed by atoms with E-state index in [1.807, 2.05) is 0 Å². The summed E-state index contributed by atoms with van der Waals surface area (Å²) in [6.45, 7) is 3.68. The minimum Gasteiger partial charge on any atom is -0.344 e. The Bertz CT molecular complexity index is 729. The highest BCUT2D eigenvalue weighted by molar-refractivity contribution is 6.30. The number of amides is 1. The van der Waals surface area contributed by atoms with Crippen molar-refractivity contribution >= 4 is 17.5 Å². The number of carbonyl (C=O) groups is 1. The first kappa shape index (κ1) is 16.9. The molecule has 1 aromatic carbocycles. The van der Waals surface area contributed by atoms with Crippen LogP contribution >= 0.6 is 11.6 Å². The molecule has 1 atom stereocenters. The van der Waals surface area contributed by atoms with Crippen LogP contribution in [-0.4, -0.2) is 34.0 Å². The number of benzene rings is 1. The number of rotatable bonds is 4. The van der Waals surface area contributed by atoms with Crippen LogP contribution in [0.4, 0.5) is 4.39 Å². The number of nitrogens with one attached hydrogen (secondary N) is 2. The Balaban J connectivity index is 1.66. The molecule has 0 radical (unpaired) electrons. The number of hydrogen-bond acceptors (Lipinski definition) is 4. The highest BCUT2D eigenvalue weighted by Crippen LogP contribution is 2.21. The summed E-state index contributed by atoms with van der Waals surface area (Å²) in [4.78, 5) is 12.3. The molecular formula is C16H19ClFN5O. The van der Waals surface area contributed by atoms with Crippen molar-refractivity contribution in [1.82, 2.24) is 25.6 Å². The number of nitrogens with zero attached hydrogens (tertiary/aromatic N) is 3. The summed E-state index contributed by atoms with van der Waals surface area (Å²) in [5.74, 6) is -0.799. The van der Waals surface area contributed by atoms with Gasteiger partial charge in [-0.05, 0) is 50.6 Å². The molecule has 1 unspecified atom stereocenters. The van der Waals surface area contributed by atoms with E-state index in [0.717, 1.165) is 31.5 Å². The molecule has 1 saturated heterocycles. The van der Waals surface area contributed by atoms with E-state index in [1.54, 1.807) is 23.9 Å². The quantitative estimate of drug-likeness (QED) is 0.887. The van der Waals surface area contributed by atoms with Crippen molar-refractivity contribution in [3.05, 3.63) is 46.5 Å². The summed E-state index contributed by atoms with van der Waals surface area (Å²) in [5, 5.41) is 14.2. The molecular weight excluding hydrogens is 333 g/mol. The molecule has 2 N–H and O–H groups in total. The Morgan fingerprint density at radius 3 is 2.92 bits per heavy atom. The summed E-state index contributed by atoms with van der Waals surface area (Å²) in [6, 6.07) is 4.34. The van der Waals surface area contributed by atoms with Gasteiger partial charge in [0, 0.05) is 0 Å². The molecule has 0 aliphatic carbocycles. The maximum Gasteiger partial charge on any atom is 0.273 e. The fourth-order valence-electron chi connectivity index (χ4n) is 2.77. The van der Waals surface area contributed by atoms with Gasteiger partial charge >= 0.3 is 0 Å². The normalized spacial score (nSPS) is 16.8. The van der Waals surface area contributed by atoms with Gasteiger partial charge in [-0.3, -0.25) is 4.79 Å². The van der Waals surface area contributed by atoms with Gasteiger partial charge in [0.1, 0.15) is 5.82 Å². The molecule has 1 amide bonds. The lowest BCUT2D eigenvalue weighted by Crippen LogP contribution is -2.29. The van der Waals surface area contributed by atoms with E-state index < -0.39 is 5.82 Å². The van der Waals surface area contributed by atoms with Crippen LogP contribution in [0.25, 0.3) is 0 Å². The van der Waals surface area contributed by atoms with E-state index >= 15 is 0 Å². The highest BCUT2D eigenvalue weighted by atomic mass is 35.5. The van der Waals surface area contributed by atoms with Gasteiger partial charge in [0.05, 0.1) is 23.3 Å². The largest absolute Gasteiger partial charge is 0.344 e. The monoisotopic (exact) mass is 351 g/mol. The molecule has 1 aliphatic heterocycles. The Morgan fingerprint density at radius 2 is 2.21 bits per heavy atom. The van der Waals surface area contributed by atoms with Crippen molar-refractivity contribution in [3.63, 3.8) is 0 Å². The van der Waals surface area contributed by atoms with Crippen LogP contribution in [0.5, 0.6) is 0 Å². The zero-order chi connectivity index (χ0) is 17.1. The molecule has 1 aliphatic rings. The van der Waals surface area contributed by atoms with Gasteiger partial charge < -0.3 is 10.6 Å². The maximum atomic E-state index is 13.2. The topological polar surface area (TPSA) is 71.8 Å². The molecule has 3 rings (SSSR count). The molecule has 0 saturated carbocycles. The lowest BCUT2D eigenvalue weighted by molar-refractivity contribution is 0.0934. The second-order valence-electron chi connectivity index (χ2n) is 5.93. The Hall–Kier alpha value is -1.99. The van der Waals surface area contributed by atoms with E-state index in [2.05, 4.69) is 20.9 Å². The molecule has 1 fully saturated rings. The van der Waals surface area contributed by atoms with Crippen molar-refractivity contribution in [2.45, 2.75) is 31.8 Å². The molecule has 6 nitrogen and oxygen atoms in total. The highest BCUT2D eigenvalue weighted by Gasteiger charge is 2.20. The van der Waals surface area contributed by atoms with Gasteiger partial charge in [-0.15, -0.1) is 5.10 Å². The van der Waals surface area contributed by atoms with Crippen LogP contribution in [0.1, 0.15) is 47.9 Å². The second kappa shape index (κ2) is 7.27. The Kier molecular flexibility index (Phi) is 5.11. The van der Waals surface area contributed by atoms with Crippen LogP contribution < -0.4 is 10.6 Å². The fraction of sp³-hybridized carbons (Fsp3) is 0.438. The molecule has 1 aromatic heterocycles. The first-order chi connectivity index (χ1) is 11.5. The molecule has 2 aromatic rings. The summed E-state index contributed by atoms with van der Waals surface area (Å²) in [7, 11) is 0. The van der Waals surface area contributed by atoms with Gasteiger partial charge in [-0.25, -0.2) is 9.07 Å². The maximum absolute atomic E-state index is 13.2. The molecule has 0 bridgehead atoms. The van der Waals surface area contributed by atoms with E-state index in [1.165, 1.54) is 12.1 Å². The first-order valence-electron chi connectivity index (χ1n) is 7.93. The van der Waals surface area contributed by atoms with Crippen LogP contribution in [0, 0.1) is 5.82 Å². The molecule has 8 heteroatoms. The summed E-state index contributed by atoms with van der Waals surface area (Å²) >= 11 is 5.78. The van der Waals surface area contributed by atoms with E-state index in [4.69, 9.17) is 11.6 Å². The Morgan fingerprint density at radius 1 is 1.46 bits per heavy atom. The van der Waals surface area contributed by atoms with Crippen LogP contribution in [0.15, 0.2) is 24.4 Å². The molecule has 2 heterocycles. The van der Waals surface area contributed by atoms with E-state index in [-0.39, 0.29) is 28.7 Å². The van der Waals surface area contributed by atoms with Crippen LogP contribution in [0.3, 0.4) is 0 Å². The zero-order valence-electron chi connectivity index (χ0n) is 13.3. The number of halogens is 2. The minimum absolute atomic E-state index is 0.0328.